The number of carbonyl (C=O) groups is 3. The highest BCUT2D eigenvalue weighted by Gasteiger charge is 2.42. The van der Waals surface area contributed by atoms with Gasteiger partial charge in [-0.25, -0.2) is 13.6 Å². The maximum atomic E-state index is 15.2. The van der Waals surface area contributed by atoms with E-state index in [0.717, 1.165) is 49.9 Å². The first-order valence-corrected chi connectivity index (χ1v) is 16.3. The molecule has 260 valence electrons. The molecule has 1 unspecified atom stereocenters. The molecule has 0 N–H and O–H groups in total. The normalized spacial score (nSPS) is 12.1. The molecule has 48 heavy (non-hydrogen) atoms. The first kappa shape index (κ1) is 38.2. The molecule has 3 rings (SSSR count). The zero-order chi connectivity index (χ0) is 35.3. The molecule has 1 atom stereocenters. The highest BCUT2D eigenvalue weighted by atomic mass is 19.4. The molecule has 0 heterocycles. The van der Waals surface area contributed by atoms with E-state index in [1.807, 2.05) is 0 Å². The standard InChI is InChI=1S/C37H41F5O6/c1-3-5-7-8-9-10-11-12-14-34(43)47-32-20-17-24(23-31(32)39)27-18-16-26(35(44)45)21-29(27)25-15-19-28(30(38)22-25)36(46)48-33(13-6-4-2)37(40,41)42/h15-23,33H,3-14H2,1-2H3,(H,44,45)/p-1. The molecular weight excluding hydrogens is 635 g/mol. The minimum Gasteiger partial charge on any atom is -0.545 e. The third-order valence-electron chi connectivity index (χ3n) is 7.89. The number of carboxylic acids is 1. The summed E-state index contributed by atoms with van der Waals surface area (Å²) in [7, 11) is 0. The van der Waals surface area contributed by atoms with Crippen LogP contribution in [0.25, 0.3) is 22.3 Å². The van der Waals surface area contributed by atoms with Crippen LogP contribution >= 0.6 is 0 Å². The Morgan fingerprint density at radius 3 is 1.94 bits per heavy atom. The van der Waals surface area contributed by atoms with Gasteiger partial charge >= 0.3 is 18.1 Å². The quantitative estimate of drug-likeness (QED) is 0.0578. The number of hydrogen-bond acceptors (Lipinski definition) is 6. The molecule has 3 aromatic carbocycles. The van der Waals surface area contributed by atoms with Crippen LogP contribution in [-0.4, -0.2) is 30.2 Å². The van der Waals surface area contributed by atoms with E-state index >= 15 is 8.78 Å². The molecule has 3 aromatic rings. The minimum absolute atomic E-state index is 0.0433. The summed E-state index contributed by atoms with van der Waals surface area (Å²) in [5, 5.41) is 11.6. The van der Waals surface area contributed by atoms with Crippen LogP contribution in [0, 0.1) is 11.6 Å². The van der Waals surface area contributed by atoms with E-state index in [1.54, 1.807) is 6.92 Å². The second kappa shape index (κ2) is 18.3. The molecule has 0 aliphatic heterocycles. The van der Waals surface area contributed by atoms with Crippen molar-refractivity contribution in [3.63, 3.8) is 0 Å². The predicted octanol–water partition coefficient (Wildman–Crippen LogP) is 9.38. The van der Waals surface area contributed by atoms with E-state index in [-0.39, 0.29) is 46.4 Å². The van der Waals surface area contributed by atoms with Gasteiger partial charge in [-0.15, -0.1) is 0 Å². The lowest BCUT2D eigenvalue weighted by molar-refractivity contribution is -0.255. The second-order valence-electron chi connectivity index (χ2n) is 11.7. The maximum Gasteiger partial charge on any atom is 0.425 e. The first-order chi connectivity index (χ1) is 22.8. The van der Waals surface area contributed by atoms with Crippen molar-refractivity contribution in [1.82, 2.24) is 0 Å². The summed E-state index contributed by atoms with van der Waals surface area (Å²) in [4.78, 5) is 36.5. The van der Waals surface area contributed by atoms with Gasteiger partial charge in [0.1, 0.15) is 5.82 Å². The summed E-state index contributed by atoms with van der Waals surface area (Å²) in [6.07, 6.45) is 1.32. The number of esters is 2. The van der Waals surface area contributed by atoms with E-state index in [2.05, 4.69) is 11.7 Å². The van der Waals surface area contributed by atoms with Crippen molar-refractivity contribution in [3.8, 4) is 28.0 Å². The van der Waals surface area contributed by atoms with Crippen molar-refractivity contribution >= 4 is 17.9 Å². The Labute approximate surface area is 277 Å². The Morgan fingerprint density at radius 1 is 0.729 bits per heavy atom. The molecule has 0 aliphatic carbocycles. The number of hydrogen-bond donors (Lipinski definition) is 0. The number of benzene rings is 3. The summed E-state index contributed by atoms with van der Waals surface area (Å²) in [6.45, 7) is 3.83. The van der Waals surface area contributed by atoms with Crippen molar-refractivity contribution in [3.05, 3.63) is 77.4 Å². The van der Waals surface area contributed by atoms with Gasteiger partial charge in [0.15, 0.2) is 17.7 Å². The lowest BCUT2D eigenvalue weighted by atomic mass is 9.92. The van der Waals surface area contributed by atoms with Crippen LogP contribution < -0.4 is 9.84 Å². The van der Waals surface area contributed by atoms with Gasteiger partial charge in [-0.2, -0.15) is 13.2 Å². The van der Waals surface area contributed by atoms with Crippen LogP contribution in [0.5, 0.6) is 5.75 Å². The monoisotopic (exact) mass is 675 g/mol. The number of unbranched alkanes of at least 4 members (excludes halogenated alkanes) is 8. The van der Waals surface area contributed by atoms with Gasteiger partial charge in [0.25, 0.3) is 0 Å². The van der Waals surface area contributed by atoms with Crippen LogP contribution in [0.15, 0.2) is 54.6 Å². The predicted molar refractivity (Wildman–Crippen MR) is 169 cm³/mol. The van der Waals surface area contributed by atoms with Crippen molar-refractivity contribution in [2.24, 2.45) is 0 Å². The summed E-state index contributed by atoms with van der Waals surface area (Å²) in [5.41, 5.74) is -0.405. The molecule has 0 radical (unpaired) electrons. The van der Waals surface area contributed by atoms with E-state index in [0.29, 0.717) is 12.8 Å². The molecule has 0 spiro atoms. The first-order valence-electron chi connectivity index (χ1n) is 16.3. The molecule has 0 aromatic heterocycles. The van der Waals surface area contributed by atoms with Crippen molar-refractivity contribution in [2.45, 2.75) is 103 Å². The van der Waals surface area contributed by atoms with Crippen molar-refractivity contribution in [1.29, 1.82) is 0 Å². The Bertz CT molecular complexity index is 1550. The minimum atomic E-state index is -4.84. The maximum absolute atomic E-state index is 15.2. The summed E-state index contributed by atoms with van der Waals surface area (Å²) >= 11 is 0. The third kappa shape index (κ3) is 11.2. The number of rotatable bonds is 18. The van der Waals surface area contributed by atoms with E-state index in [1.165, 1.54) is 49.6 Å². The summed E-state index contributed by atoms with van der Waals surface area (Å²) in [6, 6.07) is 10.5. The van der Waals surface area contributed by atoms with Gasteiger partial charge in [0, 0.05) is 6.42 Å². The Morgan fingerprint density at radius 2 is 1.33 bits per heavy atom. The summed E-state index contributed by atoms with van der Waals surface area (Å²) in [5.74, 6) is -5.98. The molecule has 11 heteroatoms. The SMILES string of the molecule is CCCCCCCCCCC(=O)Oc1ccc(-c2ccc(C(=O)[O-])cc2-c2ccc(C(=O)OC(CCCC)C(F)(F)F)c(F)c2)cc1F. The van der Waals surface area contributed by atoms with Gasteiger partial charge in [0.05, 0.1) is 11.5 Å². The number of carboxylic acid groups (broad SMARTS) is 1. The number of halogens is 5. The highest BCUT2D eigenvalue weighted by Crippen LogP contribution is 2.36. The van der Waals surface area contributed by atoms with Crippen LogP contribution in [0.3, 0.4) is 0 Å². The van der Waals surface area contributed by atoms with E-state index in [4.69, 9.17) is 4.74 Å². The molecule has 6 nitrogen and oxygen atoms in total. The highest BCUT2D eigenvalue weighted by molar-refractivity contribution is 5.94. The topological polar surface area (TPSA) is 92.7 Å². The van der Waals surface area contributed by atoms with Crippen molar-refractivity contribution < 1.29 is 50.9 Å². The van der Waals surface area contributed by atoms with Crippen LogP contribution in [-0.2, 0) is 9.53 Å². The van der Waals surface area contributed by atoms with Crippen LogP contribution in [0.2, 0.25) is 0 Å². The number of carbonyl (C=O) groups excluding carboxylic acids is 3. The molecule has 0 saturated heterocycles. The lowest BCUT2D eigenvalue weighted by Crippen LogP contribution is -2.34. The number of ether oxygens (including phenoxy) is 2. The fourth-order valence-corrected chi connectivity index (χ4v) is 5.21. The zero-order valence-electron chi connectivity index (χ0n) is 27.1. The zero-order valence-corrected chi connectivity index (χ0v) is 27.1. The Kier molecular flexibility index (Phi) is 14.6. The number of alkyl halides is 3. The van der Waals surface area contributed by atoms with E-state index in [9.17, 15) is 32.7 Å². The van der Waals surface area contributed by atoms with Gasteiger partial charge in [-0.3, -0.25) is 4.79 Å². The van der Waals surface area contributed by atoms with Crippen LogP contribution in [0.4, 0.5) is 22.0 Å². The largest absolute Gasteiger partial charge is 0.545 e. The molecule has 0 saturated carbocycles. The average molecular weight is 676 g/mol. The van der Waals surface area contributed by atoms with Gasteiger partial charge in [-0.1, -0.05) is 89.5 Å². The smallest absolute Gasteiger partial charge is 0.425 e. The Hall–Kier alpha value is -4.28. The van der Waals surface area contributed by atoms with Crippen molar-refractivity contribution in [2.75, 3.05) is 0 Å². The third-order valence-corrected chi connectivity index (χ3v) is 7.89. The molecular formula is C37H40F5O6-. The van der Waals surface area contributed by atoms with Crippen LogP contribution in [0.1, 0.15) is 112 Å². The van der Waals surface area contributed by atoms with Gasteiger partial charge < -0.3 is 19.4 Å². The lowest BCUT2D eigenvalue weighted by Gasteiger charge is -2.20. The van der Waals surface area contributed by atoms with Gasteiger partial charge in [0.2, 0.25) is 0 Å². The number of aromatic carboxylic acids is 1. The fourth-order valence-electron chi connectivity index (χ4n) is 5.21. The molecule has 0 aliphatic rings. The summed E-state index contributed by atoms with van der Waals surface area (Å²) < 4.78 is 80.3. The molecule has 0 amide bonds. The molecule has 0 bridgehead atoms. The Balaban J connectivity index is 1.80. The molecule has 0 fully saturated rings. The second-order valence-corrected chi connectivity index (χ2v) is 11.7. The van der Waals surface area contributed by atoms with Gasteiger partial charge in [-0.05, 0) is 77.4 Å². The van der Waals surface area contributed by atoms with E-state index < -0.39 is 53.8 Å². The average Bonchev–Trinajstić information content (AvgIpc) is 3.04. The fraction of sp³-hybridized carbons (Fsp3) is 0.432.